The smallest absolute Gasteiger partial charge is 0.122 e. The van der Waals surface area contributed by atoms with E-state index in [2.05, 4.69) is 17.0 Å². The van der Waals surface area contributed by atoms with Crippen molar-refractivity contribution in [2.24, 2.45) is 0 Å². The van der Waals surface area contributed by atoms with E-state index in [9.17, 15) is 0 Å². The van der Waals surface area contributed by atoms with Gasteiger partial charge in [0, 0.05) is 12.3 Å². The summed E-state index contributed by atoms with van der Waals surface area (Å²) in [6, 6.07) is 6.16. The van der Waals surface area contributed by atoms with E-state index in [1.165, 1.54) is 0 Å². The Morgan fingerprint density at radius 2 is 2.62 bits per heavy atom. The molecule has 0 aliphatic carbocycles. The number of hydrogen-bond donors (Lipinski definition) is 0. The molecule has 1 aromatic heterocycles. The summed E-state index contributed by atoms with van der Waals surface area (Å²) in [7, 11) is 0. The fraction of sp³-hybridized carbons (Fsp3) is 0. The van der Waals surface area contributed by atoms with Crippen LogP contribution in [0.1, 0.15) is 5.69 Å². The highest BCUT2D eigenvalue weighted by atomic mass is 14.6. The molecule has 0 spiro atoms. The fourth-order valence-corrected chi connectivity index (χ4v) is 0.393. The first-order chi connectivity index (χ1) is 3.93. The summed E-state index contributed by atoms with van der Waals surface area (Å²) >= 11 is 0. The van der Waals surface area contributed by atoms with Crippen LogP contribution in [0, 0.1) is 18.4 Å². The van der Waals surface area contributed by atoms with Crippen LogP contribution in [-0.4, -0.2) is 4.98 Å². The molecule has 0 amide bonds. The normalized spacial score (nSPS) is 7.88. The zero-order valence-electron chi connectivity index (χ0n) is 4.18. The standard InChI is InChI=1S/C7H3N/c1-2-7-5-3-4-6-8-7/h3-4,6H. The number of pyridine rings is 1. The highest BCUT2D eigenvalue weighted by molar-refractivity contribution is 5.18. The van der Waals surface area contributed by atoms with E-state index in [4.69, 9.17) is 6.42 Å². The van der Waals surface area contributed by atoms with Crippen molar-refractivity contribution in [1.29, 1.82) is 0 Å². The maximum absolute atomic E-state index is 6.60. The summed E-state index contributed by atoms with van der Waals surface area (Å²) in [5.74, 6) is 2.11. The lowest BCUT2D eigenvalue weighted by molar-refractivity contribution is 1.28. The van der Waals surface area contributed by atoms with Crippen LogP contribution in [0.25, 0.3) is 0 Å². The van der Waals surface area contributed by atoms with Crippen molar-refractivity contribution in [2.75, 3.05) is 0 Å². The van der Waals surface area contributed by atoms with E-state index < -0.39 is 0 Å². The van der Waals surface area contributed by atoms with E-state index in [1.54, 1.807) is 18.3 Å². The van der Waals surface area contributed by atoms with Gasteiger partial charge in [-0.05, 0) is 24.5 Å². The van der Waals surface area contributed by atoms with Crippen molar-refractivity contribution in [3.63, 3.8) is 0 Å². The molecule has 0 aliphatic heterocycles. The van der Waals surface area contributed by atoms with Crippen LogP contribution in [0.2, 0.25) is 0 Å². The van der Waals surface area contributed by atoms with Gasteiger partial charge >= 0.3 is 0 Å². The zero-order chi connectivity index (χ0) is 5.82. The zero-order valence-corrected chi connectivity index (χ0v) is 4.18. The van der Waals surface area contributed by atoms with E-state index >= 15 is 0 Å². The molecule has 1 heteroatoms. The number of aromatic nitrogens is 1. The van der Waals surface area contributed by atoms with Crippen LogP contribution in [0.4, 0.5) is 0 Å². The minimum atomic E-state index is 0.451. The van der Waals surface area contributed by atoms with Gasteiger partial charge in [0.25, 0.3) is 0 Å². The van der Waals surface area contributed by atoms with Gasteiger partial charge in [-0.15, -0.1) is 0 Å². The lowest BCUT2D eigenvalue weighted by atomic mass is 10.4. The average molecular weight is 101 g/mol. The van der Waals surface area contributed by atoms with Crippen LogP contribution in [0.3, 0.4) is 0 Å². The Morgan fingerprint density at radius 1 is 1.75 bits per heavy atom. The van der Waals surface area contributed by atoms with Crippen molar-refractivity contribution in [3.8, 4) is 5.92 Å². The minimum absolute atomic E-state index is 0.451. The van der Waals surface area contributed by atoms with Crippen molar-refractivity contribution in [1.82, 2.24) is 4.98 Å². The maximum Gasteiger partial charge on any atom is 0.122 e. The second kappa shape index (κ2) is 2.13. The molecule has 0 aromatic carbocycles. The second-order valence-electron chi connectivity index (χ2n) is 1.26. The highest BCUT2D eigenvalue weighted by Gasteiger charge is 1.79. The monoisotopic (exact) mass is 101 g/mol. The molecule has 1 rings (SSSR count). The Labute approximate surface area is 48.4 Å². The van der Waals surface area contributed by atoms with Crippen LogP contribution in [0.15, 0.2) is 18.3 Å². The number of hydrogen-bond acceptors (Lipinski definition) is 1. The van der Waals surface area contributed by atoms with Crippen LogP contribution in [-0.2, 0) is 0 Å². The molecular weight excluding hydrogens is 98.1 g/mol. The first kappa shape index (κ1) is 4.86. The Kier molecular flexibility index (Phi) is 1.29. The Bertz CT molecular complexity index is 195. The third-order valence-corrected chi connectivity index (χ3v) is 0.724. The van der Waals surface area contributed by atoms with Gasteiger partial charge in [-0.2, -0.15) is 0 Å². The molecule has 0 fully saturated rings. The molecule has 0 saturated carbocycles. The topological polar surface area (TPSA) is 12.9 Å². The van der Waals surface area contributed by atoms with Gasteiger partial charge in [-0.25, -0.2) is 4.98 Å². The molecular formula is C7H3N. The molecule has 1 nitrogen and oxygen atoms in total. The molecule has 0 saturated heterocycles. The van der Waals surface area contributed by atoms with Crippen molar-refractivity contribution >= 4 is 0 Å². The quantitative estimate of drug-likeness (QED) is 0.441. The van der Waals surface area contributed by atoms with E-state index in [0.717, 1.165) is 0 Å². The van der Waals surface area contributed by atoms with Gasteiger partial charge in [0.1, 0.15) is 5.69 Å². The Balaban J connectivity index is 3.05. The van der Waals surface area contributed by atoms with E-state index in [0.29, 0.717) is 5.69 Å². The summed E-state index contributed by atoms with van der Waals surface area (Å²) in [6.45, 7) is 0. The molecule has 0 N–H and O–H groups in total. The van der Waals surface area contributed by atoms with Crippen LogP contribution in [0.5, 0.6) is 0 Å². The third kappa shape index (κ3) is 0.855. The largest absolute Gasteiger partial charge is 0.247 e. The summed E-state index contributed by atoms with van der Waals surface area (Å²) in [6.07, 6.45) is 8.20. The molecule has 0 aliphatic rings. The van der Waals surface area contributed by atoms with Crippen molar-refractivity contribution in [2.45, 2.75) is 0 Å². The first-order valence-corrected chi connectivity index (χ1v) is 2.19. The predicted octanol–water partition coefficient (Wildman–Crippen LogP) is 0.820. The predicted molar refractivity (Wildman–Crippen MR) is 29.3 cm³/mol. The lowest BCUT2D eigenvalue weighted by Crippen LogP contribution is -1.76. The summed E-state index contributed by atoms with van der Waals surface area (Å²) < 4.78 is 0. The molecule has 2 radical (unpaired) electrons. The summed E-state index contributed by atoms with van der Waals surface area (Å²) in [5, 5.41) is 0. The lowest BCUT2D eigenvalue weighted by Gasteiger charge is -1.80. The van der Waals surface area contributed by atoms with Gasteiger partial charge in [-0.3, -0.25) is 0 Å². The number of rotatable bonds is 0. The summed E-state index contributed by atoms with van der Waals surface area (Å²) in [4.78, 5) is 3.74. The molecule has 1 aromatic rings. The minimum Gasteiger partial charge on any atom is -0.247 e. The van der Waals surface area contributed by atoms with Gasteiger partial charge in [0.2, 0.25) is 0 Å². The van der Waals surface area contributed by atoms with Crippen LogP contribution >= 0.6 is 0 Å². The number of nitrogens with zero attached hydrogens (tertiary/aromatic N) is 1. The summed E-state index contributed by atoms with van der Waals surface area (Å²) in [5.41, 5.74) is 0.451. The van der Waals surface area contributed by atoms with Crippen molar-refractivity contribution in [3.05, 3.63) is 36.5 Å². The van der Waals surface area contributed by atoms with Gasteiger partial charge in [-0.1, -0.05) is 0 Å². The molecule has 0 bridgehead atoms. The molecule has 0 unspecified atom stereocenters. The van der Waals surface area contributed by atoms with E-state index in [-0.39, 0.29) is 0 Å². The molecule has 8 heavy (non-hydrogen) atoms. The Hall–Kier alpha value is -1.29. The molecule has 1 heterocycles. The fourth-order valence-electron chi connectivity index (χ4n) is 0.393. The maximum atomic E-state index is 6.60. The highest BCUT2D eigenvalue weighted by Crippen LogP contribution is 1.85. The van der Waals surface area contributed by atoms with Gasteiger partial charge in [0.05, 0.1) is 0 Å². The van der Waals surface area contributed by atoms with Crippen molar-refractivity contribution < 1.29 is 0 Å². The molecule has 36 valence electrons. The Morgan fingerprint density at radius 3 is 3.00 bits per heavy atom. The molecule has 0 atom stereocenters. The second-order valence-corrected chi connectivity index (χ2v) is 1.26. The van der Waals surface area contributed by atoms with E-state index in [1.807, 2.05) is 0 Å². The van der Waals surface area contributed by atoms with Crippen LogP contribution < -0.4 is 0 Å². The van der Waals surface area contributed by atoms with Gasteiger partial charge in [0.15, 0.2) is 0 Å². The van der Waals surface area contributed by atoms with Gasteiger partial charge < -0.3 is 0 Å². The SMILES string of the molecule is [C]#Cc1[c]cccn1. The average Bonchev–Trinajstić information content (AvgIpc) is 1.90. The third-order valence-electron chi connectivity index (χ3n) is 0.724. The first-order valence-electron chi connectivity index (χ1n) is 2.19.